The minimum atomic E-state index is -2.92. The number of nitrogens with zero attached hydrogens (tertiary/aromatic N) is 1. The first-order valence-electron chi connectivity index (χ1n) is 8.96. The van der Waals surface area contributed by atoms with Crippen molar-refractivity contribution in [1.29, 1.82) is 0 Å². The van der Waals surface area contributed by atoms with Crippen molar-refractivity contribution in [3.05, 3.63) is 47.5 Å². The summed E-state index contributed by atoms with van der Waals surface area (Å²) in [7, 11) is 2.97. The summed E-state index contributed by atoms with van der Waals surface area (Å²) in [6, 6.07) is 9.63. The molecule has 0 saturated heterocycles. The number of phenols is 1. The van der Waals surface area contributed by atoms with E-state index < -0.39 is 6.61 Å². The van der Waals surface area contributed by atoms with Gasteiger partial charge in [0.1, 0.15) is 11.5 Å². The van der Waals surface area contributed by atoms with Gasteiger partial charge in [0, 0.05) is 18.7 Å². The average molecular weight is 409 g/mol. The maximum atomic E-state index is 12.7. The lowest BCUT2D eigenvalue weighted by Gasteiger charge is -2.15. The number of nitrogens with one attached hydrogen (secondary N) is 2. The van der Waals surface area contributed by atoms with Gasteiger partial charge in [-0.1, -0.05) is 6.07 Å². The number of guanidine groups is 1. The van der Waals surface area contributed by atoms with Crippen LogP contribution < -0.4 is 24.8 Å². The average Bonchev–Trinajstić information content (AvgIpc) is 2.70. The number of methoxy groups -OCH3 is 2. The van der Waals surface area contributed by atoms with E-state index in [0.29, 0.717) is 36.1 Å². The zero-order chi connectivity index (χ0) is 21.2. The summed E-state index contributed by atoms with van der Waals surface area (Å²) >= 11 is 0. The highest BCUT2D eigenvalue weighted by molar-refractivity contribution is 5.79. The molecule has 0 aromatic heterocycles. The third-order valence-electron chi connectivity index (χ3n) is 3.94. The van der Waals surface area contributed by atoms with Gasteiger partial charge in [-0.2, -0.15) is 8.78 Å². The molecule has 29 heavy (non-hydrogen) atoms. The van der Waals surface area contributed by atoms with Gasteiger partial charge in [-0.25, -0.2) is 4.99 Å². The highest BCUT2D eigenvalue weighted by atomic mass is 19.3. The van der Waals surface area contributed by atoms with E-state index in [2.05, 4.69) is 20.4 Å². The Hall–Kier alpha value is -3.23. The van der Waals surface area contributed by atoms with Crippen LogP contribution in [0.1, 0.15) is 18.1 Å². The first-order valence-corrected chi connectivity index (χ1v) is 8.96. The number of aromatic hydroxyl groups is 1. The number of phenolic OH excluding ortho intramolecular Hbond substituents is 1. The molecule has 2 rings (SSSR count). The van der Waals surface area contributed by atoms with Crippen molar-refractivity contribution in [3.8, 4) is 23.0 Å². The number of ether oxygens (including phenoxy) is 3. The summed E-state index contributed by atoms with van der Waals surface area (Å²) in [6.07, 6.45) is 0. The van der Waals surface area contributed by atoms with Crippen molar-refractivity contribution in [1.82, 2.24) is 10.6 Å². The molecule has 3 N–H and O–H groups in total. The lowest BCUT2D eigenvalue weighted by molar-refractivity contribution is -0.0505. The molecular formula is C20H25F2N3O4. The van der Waals surface area contributed by atoms with Gasteiger partial charge in [0.2, 0.25) is 0 Å². The summed E-state index contributed by atoms with van der Waals surface area (Å²) in [5.41, 5.74) is 1.28. The molecule has 0 aliphatic rings. The number of rotatable bonds is 9. The van der Waals surface area contributed by atoms with Crippen molar-refractivity contribution in [2.45, 2.75) is 26.6 Å². The molecule has 7 nitrogen and oxygen atoms in total. The van der Waals surface area contributed by atoms with E-state index in [1.165, 1.54) is 20.3 Å². The summed E-state index contributed by atoms with van der Waals surface area (Å²) in [6.45, 7) is 0.0855. The van der Waals surface area contributed by atoms with Crippen LogP contribution in [0.3, 0.4) is 0 Å². The maximum absolute atomic E-state index is 12.7. The van der Waals surface area contributed by atoms with E-state index in [9.17, 15) is 13.9 Å². The van der Waals surface area contributed by atoms with Crippen molar-refractivity contribution in [2.24, 2.45) is 4.99 Å². The maximum Gasteiger partial charge on any atom is 0.387 e. The Kier molecular flexibility index (Phi) is 8.32. The molecule has 0 atom stereocenters. The van der Waals surface area contributed by atoms with Crippen LogP contribution in [0.15, 0.2) is 41.4 Å². The van der Waals surface area contributed by atoms with Gasteiger partial charge in [-0.15, -0.1) is 0 Å². The van der Waals surface area contributed by atoms with Crippen LogP contribution in [-0.2, 0) is 13.1 Å². The van der Waals surface area contributed by atoms with E-state index in [1.54, 1.807) is 30.3 Å². The minimum absolute atomic E-state index is 0.0309. The Morgan fingerprint density at radius 3 is 2.45 bits per heavy atom. The second-order valence-electron chi connectivity index (χ2n) is 5.91. The first kappa shape index (κ1) is 22.1. The zero-order valence-corrected chi connectivity index (χ0v) is 16.5. The fourth-order valence-electron chi connectivity index (χ4n) is 2.56. The van der Waals surface area contributed by atoms with Crippen LogP contribution in [0, 0.1) is 0 Å². The lowest BCUT2D eigenvalue weighted by atomic mass is 10.2. The van der Waals surface area contributed by atoms with Crippen LogP contribution in [0.5, 0.6) is 23.0 Å². The highest BCUT2D eigenvalue weighted by Crippen LogP contribution is 2.27. The number of hydrogen-bond acceptors (Lipinski definition) is 5. The van der Waals surface area contributed by atoms with Crippen molar-refractivity contribution >= 4 is 5.96 Å². The third-order valence-corrected chi connectivity index (χ3v) is 3.94. The topological polar surface area (TPSA) is 84.3 Å². The van der Waals surface area contributed by atoms with Gasteiger partial charge in [-0.05, 0) is 42.8 Å². The molecule has 0 radical (unpaired) electrons. The van der Waals surface area contributed by atoms with Crippen molar-refractivity contribution in [2.75, 3.05) is 20.8 Å². The molecule has 0 aliphatic carbocycles. The Morgan fingerprint density at radius 1 is 1.07 bits per heavy atom. The molecule has 0 spiro atoms. The summed E-state index contributed by atoms with van der Waals surface area (Å²) < 4.78 is 40.1. The van der Waals surface area contributed by atoms with Crippen LogP contribution in [0.25, 0.3) is 0 Å². The second-order valence-corrected chi connectivity index (χ2v) is 5.91. The van der Waals surface area contributed by atoms with Gasteiger partial charge in [-0.3, -0.25) is 0 Å². The summed E-state index contributed by atoms with van der Waals surface area (Å²) in [4.78, 5) is 4.45. The Morgan fingerprint density at radius 2 is 1.83 bits per heavy atom. The standard InChI is InChI=1S/C20H25F2N3O4/c1-4-23-20(24-11-13-5-7-18(28-3)16(26)9-13)25-12-14-10-15(27-2)6-8-17(14)29-19(21)22/h5-10,19,26H,4,11-12H2,1-3H3,(H2,23,24,25). The molecule has 9 heteroatoms. The summed E-state index contributed by atoms with van der Waals surface area (Å²) in [5, 5.41) is 16.0. The van der Waals surface area contributed by atoms with Crippen LogP contribution in [0.2, 0.25) is 0 Å². The van der Waals surface area contributed by atoms with E-state index in [-0.39, 0.29) is 18.0 Å². The third kappa shape index (κ3) is 6.70. The Bertz CT molecular complexity index is 831. The van der Waals surface area contributed by atoms with Gasteiger partial charge in [0.15, 0.2) is 17.5 Å². The molecule has 0 saturated carbocycles. The molecule has 158 valence electrons. The minimum Gasteiger partial charge on any atom is -0.504 e. The smallest absolute Gasteiger partial charge is 0.387 e. The van der Waals surface area contributed by atoms with Crippen LogP contribution in [-0.4, -0.2) is 38.4 Å². The fraction of sp³-hybridized carbons (Fsp3) is 0.350. The molecule has 0 aliphatic heterocycles. The number of halogens is 2. The zero-order valence-electron chi connectivity index (χ0n) is 16.5. The number of hydrogen-bond donors (Lipinski definition) is 3. The molecule has 2 aromatic rings. The largest absolute Gasteiger partial charge is 0.504 e. The van der Waals surface area contributed by atoms with Gasteiger partial charge in [0.25, 0.3) is 0 Å². The number of alkyl halides is 2. The van der Waals surface area contributed by atoms with Gasteiger partial charge < -0.3 is 30.0 Å². The molecule has 0 heterocycles. The molecule has 0 unspecified atom stereocenters. The summed E-state index contributed by atoms with van der Waals surface area (Å²) in [5.74, 6) is 1.48. The van der Waals surface area contributed by atoms with E-state index in [1.807, 2.05) is 6.92 Å². The SMILES string of the molecule is CCNC(=NCc1ccc(OC)c(O)c1)NCc1cc(OC)ccc1OC(F)F. The molecule has 0 bridgehead atoms. The Labute approximate surface area is 168 Å². The fourth-order valence-corrected chi connectivity index (χ4v) is 2.56. The first-order chi connectivity index (χ1) is 14.0. The van der Waals surface area contributed by atoms with E-state index in [4.69, 9.17) is 9.47 Å². The monoisotopic (exact) mass is 409 g/mol. The molecule has 0 fully saturated rings. The van der Waals surface area contributed by atoms with Crippen molar-refractivity contribution < 1.29 is 28.1 Å². The predicted octanol–water partition coefficient (Wildman–Crippen LogP) is 3.27. The normalized spacial score (nSPS) is 11.3. The van der Waals surface area contributed by atoms with Crippen molar-refractivity contribution in [3.63, 3.8) is 0 Å². The Balaban J connectivity index is 2.12. The number of benzene rings is 2. The number of aliphatic imine (C=N–C) groups is 1. The van der Waals surface area contributed by atoms with Crippen LogP contribution in [0.4, 0.5) is 8.78 Å². The molecular weight excluding hydrogens is 384 g/mol. The highest BCUT2D eigenvalue weighted by Gasteiger charge is 2.12. The van der Waals surface area contributed by atoms with Gasteiger partial charge in [0.05, 0.1) is 20.8 Å². The quantitative estimate of drug-likeness (QED) is 0.436. The van der Waals surface area contributed by atoms with Gasteiger partial charge >= 0.3 is 6.61 Å². The van der Waals surface area contributed by atoms with E-state index >= 15 is 0 Å². The lowest BCUT2D eigenvalue weighted by Crippen LogP contribution is -2.36. The molecule has 0 amide bonds. The van der Waals surface area contributed by atoms with Crippen LogP contribution >= 0.6 is 0 Å². The van der Waals surface area contributed by atoms with E-state index in [0.717, 1.165) is 5.56 Å². The predicted molar refractivity (Wildman–Crippen MR) is 106 cm³/mol. The molecule has 2 aromatic carbocycles. The second kappa shape index (κ2) is 10.9.